The molecule has 0 heterocycles. The van der Waals surface area contributed by atoms with Gasteiger partial charge >= 0.3 is 11.9 Å². The minimum absolute atomic E-state index is 0.0128. The molecular formula is C29H42N2O6. The monoisotopic (exact) mass is 514 g/mol. The molecule has 0 bridgehead atoms. The van der Waals surface area contributed by atoms with E-state index in [0.717, 1.165) is 11.8 Å². The predicted octanol–water partition coefficient (Wildman–Crippen LogP) is 5.22. The molecule has 204 valence electrons. The second-order valence-electron chi connectivity index (χ2n) is 10.2. The Labute approximate surface area is 219 Å². The molecule has 0 atom stereocenters. The van der Waals surface area contributed by atoms with Gasteiger partial charge in [0.05, 0.1) is 11.1 Å². The zero-order valence-corrected chi connectivity index (χ0v) is 22.2. The van der Waals surface area contributed by atoms with Crippen LogP contribution < -0.4 is 11.5 Å². The van der Waals surface area contributed by atoms with E-state index in [0.29, 0.717) is 23.9 Å². The van der Waals surface area contributed by atoms with Crippen LogP contribution in [0.4, 0.5) is 0 Å². The van der Waals surface area contributed by atoms with Gasteiger partial charge in [0, 0.05) is 28.4 Å². The third-order valence-electron chi connectivity index (χ3n) is 7.11. The lowest BCUT2D eigenvalue weighted by Gasteiger charge is -2.22. The highest BCUT2D eigenvalue weighted by Gasteiger charge is 2.19. The standard InChI is InChI=1S/C14H10O5.2C7H15N.CH2O/c1-7-2-4-10(14(18)19)12-8(6-15)3-5-9(11(7)12)13(16)17;2*1-6-2-4-7(8)5-3-6;1-2/h2-6H,1H3,(H,16,17)(H,18,19);2*6-7H,2-5,8H2,1H3;1H2. The van der Waals surface area contributed by atoms with Gasteiger partial charge in [-0.3, -0.25) is 4.79 Å². The average molecular weight is 515 g/mol. The number of fused-ring (bicyclic) bond motifs is 1. The molecule has 8 nitrogen and oxygen atoms in total. The Morgan fingerprint density at radius 1 is 0.757 bits per heavy atom. The molecule has 4 rings (SSSR count). The van der Waals surface area contributed by atoms with Gasteiger partial charge in [-0.05, 0) is 87.8 Å². The van der Waals surface area contributed by atoms with Crippen molar-refractivity contribution < 1.29 is 29.4 Å². The molecule has 2 aromatic rings. The highest BCUT2D eigenvalue weighted by molar-refractivity contribution is 6.16. The Kier molecular flexibility index (Phi) is 13.7. The Morgan fingerprint density at radius 2 is 1.14 bits per heavy atom. The molecule has 2 aliphatic carbocycles. The molecule has 0 aliphatic heterocycles. The van der Waals surface area contributed by atoms with Crippen molar-refractivity contribution in [2.45, 2.75) is 84.2 Å². The number of carboxylic acid groups (broad SMARTS) is 2. The second kappa shape index (κ2) is 15.9. The number of aromatic carboxylic acids is 2. The molecule has 0 unspecified atom stereocenters. The second-order valence-corrected chi connectivity index (χ2v) is 10.2. The molecule has 6 N–H and O–H groups in total. The van der Waals surface area contributed by atoms with Gasteiger partial charge in [-0.15, -0.1) is 0 Å². The van der Waals surface area contributed by atoms with Crippen molar-refractivity contribution in [3.63, 3.8) is 0 Å². The van der Waals surface area contributed by atoms with Gasteiger partial charge < -0.3 is 26.5 Å². The lowest BCUT2D eigenvalue weighted by Crippen LogP contribution is -2.25. The van der Waals surface area contributed by atoms with E-state index in [4.69, 9.17) is 26.5 Å². The van der Waals surface area contributed by atoms with E-state index in [9.17, 15) is 14.4 Å². The number of carboxylic acids is 2. The van der Waals surface area contributed by atoms with Crippen molar-refractivity contribution in [3.05, 3.63) is 46.5 Å². The number of carbonyl (C=O) groups excluding carboxylic acids is 2. The SMILES string of the molecule is C=O.CC1CCC(N)CC1.CC1CCC(N)CC1.Cc1ccc(C(=O)O)c2c(C=O)ccc(C(=O)O)c12. The number of carbonyl (C=O) groups is 4. The van der Waals surface area contributed by atoms with E-state index in [1.165, 1.54) is 75.6 Å². The number of rotatable bonds is 3. The zero-order chi connectivity index (χ0) is 28.1. The van der Waals surface area contributed by atoms with Crippen molar-refractivity contribution in [2.24, 2.45) is 23.3 Å². The van der Waals surface area contributed by atoms with Gasteiger partial charge in [-0.2, -0.15) is 0 Å². The Hall–Kier alpha value is -3.10. The molecule has 0 amide bonds. The first kappa shape index (κ1) is 31.9. The number of hydrogen-bond donors (Lipinski definition) is 4. The summed E-state index contributed by atoms with van der Waals surface area (Å²) in [5.74, 6) is -0.478. The Bertz CT molecular complexity index is 998. The fourth-order valence-corrected chi connectivity index (χ4v) is 4.72. The predicted molar refractivity (Wildman–Crippen MR) is 146 cm³/mol. The van der Waals surface area contributed by atoms with Crippen LogP contribution in [0.25, 0.3) is 10.8 Å². The first-order valence-corrected chi connectivity index (χ1v) is 12.8. The molecule has 37 heavy (non-hydrogen) atoms. The summed E-state index contributed by atoms with van der Waals surface area (Å²) in [5.41, 5.74) is 12.1. The van der Waals surface area contributed by atoms with Gasteiger partial charge in [0.15, 0.2) is 6.29 Å². The van der Waals surface area contributed by atoms with Gasteiger partial charge in [-0.25, -0.2) is 9.59 Å². The summed E-state index contributed by atoms with van der Waals surface area (Å²) in [6, 6.07) is 6.58. The van der Waals surface area contributed by atoms with Crippen LogP contribution >= 0.6 is 0 Å². The van der Waals surface area contributed by atoms with Gasteiger partial charge in [0.2, 0.25) is 0 Å². The van der Waals surface area contributed by atoms with E-state index < -0.39 is 11.9 Å². The van der Waals surface area contributed by atoms with Crippen molar-refractivity contribution in [1.29, 1.82) is 0 Å². The van der Waals surface area contributed by atoms with Gasteiger partial charge in [-0.1, -0.05) is 26.0 Å². The molecule has 2 aromatic carbocycles. The summed E-state index contributed by atoms with van der Waals surface area (Å²) in [7, 11) is 0. The minimum atomic E-state index is -1.20. The highest BCUT2D eigenvalue weighted by atomic mass is 16.4. The van der Waals surface area contributed by atoms with Crippen molar-refractivity contribution in [3.8, 4) is 0 Å². The third kappa shape index (κ3) is 9.70. The highest BCUT2D eigenvalue weighted by Crippen LogP contribution is 2.29. The molecule has 0 spiro atoms. The molecule has 0 saturated heterocycles. The van der Waals surface area contributed by atoms with Crippen LogP contribution in [0.2, 0.25) is 0 Å². The molecule has 2 aliphatic rings. The molecule has 8 heteroatoms. The molecule has 0 aromatic heterocycles. The minimum Gasteiger partial charge on any atom is -0.478 e. The summed E-state index contributed by atoms with van der Waals surface area (Å²) in [6.07, 6.45) is 10.9. The van der Waals surface area contributed by atoms with Crippen molar-refractivity contribution in [2.75, 3.05) is 0 Å². The summed E-state index contributed by atoms with van der Waals surface area (Å²) >= 11 is 0. The fourth-order valence-electron chi connectivity index (χ4n) is 4.72. The maximum Gasteiger partial charge on any atom is 0.336 e. The third-order valence-corrected chi connectivity index (χ3v) is 7.11. The summed E-state index contributed by atoms with van der Waals surface area (Å²) in [5, 5.41) is 18.8. The maximum atomic E-state index is 11.2. The number of benzene rings is 2. The molecule has 2 saturated carbocycles. The van der Waals surface area contributed by atoms with E-state index in [2.05, 4.69) is 13.8 Å². The van der Waals surface area contributed by atoms with E-state index >= 15 is 0 Å². The summed E-state index contributed by atoms with van der Waals surface area (Å²) < 4.78 is 0. The Morgan fingerprint density at radius 3 is 1.49 bits per heavy atom. The van der Waals surface area contributed by atoms with Crippen LogP contribution in [0.3, 0.4) is 0 Å². The van der Waals surface area contributed by atoms with Crippen LogP contribution in [0, 0.1) is 18.8 Å². The quantitative estimate of drug-likeness (QED) is 0.405. The zero-order valence-electron chi connectivity index (χ0n) is 22.2. The van der Waals surface area contributed by atoms with Crippen LogP contribution in [0.1, 0.15) is 102 Å². The largest absolute Gasteiger partial charge is 0.478 e. The van der Waals surface area contributed by atoms with Crippen molar-refractivity contribution >= 4 is 35.8 Å². The smallest absolute Gasteiger partial charge is 0.336 e. The first-order valence-electron chi connectivity index (χ1n) is 12.8. The topological polar surface area (TPSA) is 161 Å². The number of hydrogen-bond acceptors (Lipinski definition) is 6. The van der Waals surface area contributed by atoms with Gasteiger partial charge in [0.25, 0.3) is 0 Å². The number of nitrogens with two attached hydrogens (primary N) is 2. The normalized spacial score (nSPS) is 22.6. The van der Waals surface area contributed by atoms with Crippen LogP contribution in [0.15, 0.2) is 24.3 Å². The van der Waals surface area contributed by atoms with E-state index in [-0.39, 0.29) is 27.5 Å². The van der Waals surface area contributed by atoms with E-state index in [1.807, 2.05) is 6.79 Å². The van der Waals surface area contributed by atoms with Crippen LogP contribution in [-0.2, 0) is 4.79 Å². The fraction of sp³-hybridized carbons (Fsp3) is 0.517. The Balaban J connectivity index is 0.000000313. The maximum absolute atomic E-state index is 11.2. The van der Waals surface area contributed by atoms with Crippen LogP contribution in [-0.4, -0.2) is 47.3 Å². The average Bonchev–Trinajstić information content (AvgIpc) is 2.89. The van der Waals surface area contributed by atoms with Crippen LogP contribution in [0.5, 0.6) is 0 Å². The lowest BCUT2D eigenvalue weighted by molar-refractivity contribution is -0.0980. The summed E-state index contributed by atoms with van der Waals surface area (Å²) in [6.45, 7) is 8.30. The first-order chi connectivity index (χ1) is 17.5. The number of aldehydes is 1. The van der Waals surface area contributed by atoms with Gasteiger partial charge in [0.1, 0.15) is 6.79 Å². The molecular weight excluding hydrogens is 472 g/mol. The number of aryl methyl sites for hydroxylation is 1. The van der Waals surface area contributed by atoms with Crippen molar-refractivity contribution in [1.82, 2.24) is 0 Å². The molecule has 0 radical (unpaired) electrons. The van der Waals surface area contributed by atoms with E-state index in [1.54, 1.807) is 6.92 Å². The molecule has 2 fully saturated rings. The summed E-state index contributed by atoms with van der Waals surface area (Å²) in [4.78, 5) is 41.5. The lowest BCUT2D eigenvalue weighted by atomic mass is 9.88.